The Morgan fingerprint density at radius 2 is 2.23 bits per heavy atom. The number of anilines is 1. The highest BCUT2D eigenvalue weighted by molar-refractivity contribution is 8.18. The number of nitrogens with zero attached hydrogens (tertiary/aromatic N) is 2. The number of aromatic nitrogens is 2. The molecule has 1 fully saturated rings. The molecule has 3 N–H and O–H groups in total. The molecule has 0 atom stereocenters. The Labute approximate surface area is 156 Å². The molecule has 3 heterocycles. The van der Waals surface area contributed by atoms with Crippen molar-refractivity contribution in [3.63, 3.8) is 0 Å². The highest BCUT2D eigenvalue weighted by Crippen LogP contribution is 2.30. The van der Waals surface area contributed by atoms with Crippen molar-refractivity contribution in [2.75, 3.05) is 5.32 Å². The molecule has 0 spiro atoms. The third-order valence-electron chi connectivity index (χ3n) is 3.50. The third-order valence-corrected chi connectivity index (χ3v) is 5.27. The fourth-order valence-electron chi connectivity index (χ4n) is 2.40. The van der Waals surface area contributed by atoms with Crippen molar-refractivity contribution in [1.82, 2.24) is 15.3 Å². The van der Waals surface area contributed by atoms with E-state index in [1.165, 1.54) is 30.0 Å². The van der Waals surface area contributed by atoms with Crippen LogP contribution in [0.2, 0.25) is 0 Å². The smallest absolute Gasteiger partial charge is 0.264 e. The first-order chi connectivity index (χ1) is 12.6. The number of aliphatic imine (C=N–C) groups is 1. The van der Waals surface area contributed by atoms with E-state index in [9.17, 15) is 9.59 Å². The number of carbonyl (C=O) groups is 2. The quantitative estimate of drug-likeness (QED) is 0.603. The van der Waals surface area contributed by atoms with E-state index in [0.717, 1.165) is 21.5 Å². The summed E-state index contributed by atoms with van der Waals surface area (Å²) < 4.78 is 0. The van der Waals surface area contributed by atoms with Gasteiger partial charge in [-0.05, 0) is 42.1 Å². The lowest BCUT2D eigenvalue weighted by molar-refractivity contribution is -0.115. The van der Waals surface area contributed by atoms with Crippen molar-refractivity contribution in [2.24, 2.45) is 4.99 Å². The summed E-state index contributed by atoms with van der Waals surface area (Å²) in [7, 11) is 0. The predicted octanol–water partition coefficient (Wildman–Crippen LogP) is 3.47. The summed E-state index contributed by atoms with van der Waals surface area (Å²) in [4.78, 5) is 36.3. The Morgan fingerprint density at radius 3 is 3.08 bits per heavy atom. The molecule has 0 bridgehead atoms. The number of fused-ring (bicyclic) bond motifs is 1. The summed E-state index contributed by atoms with van der Waals surface area (Å²) in [5, 5.41) is 7.48. The highest BCUT2D eigenvalue weighted by atomic mass is 32.2. The van der Waals surface area contributed by atoms with Crippen LogP contribution in [0.4, 0.5) is 10.8 Å². The molecule has 0 radical (unpaired) electrons. The van der Waals surface area contributed by atoms with Gasteiger partial charge in [-0.15, -0.1) is 0 Å². The molecule has 1 aromatic carbocycles. The molecule has 1 aliphatic heterocycles. The second kappa shape index (κ2) is 6.77. The van der Waals surface area contributed by atoms with Gasteiger partial charge in [-0.2, -0.15) is 0 Å². The standard InChI is InChI=1S/C17H13N5O2S2/c1-9(23)20-16-19-8-12(25-16)7-14-15(24)22-17(26-14)21-11-2-3-13-10(6-11)4-5-18-13/h2-8,18H,1H3,(H,19,20,23)(H,21,22,24)/b14-7-. The van der Waals surface area contributed by atoms with E-state index in [-0.39, 0.29) is 11.8 Å². The highest BCUT2D eigenvalue weighted by Gasteiger charge is 2.24. The first kappa shape index (κ1) is 16.6. The first-order valence-corrected chi connectivity index (χ1v) is 9.30. The van der Waals surface area contributed by atoms with Crippen LogP contribution in [0.5, 0.6) is 0 Å². The number of H-pyrrole nitrogens is 1. The number of thiazole rings is 1. The van der Waals surface area contributed by atoms with Gasteiger partial charge in [-0.1, -0.05) is 11.3 Å². The van der Waals surface area contributed by atoms with Crippen LogP contribution in [0.3, 0.4) is 0 Å². The Morgan fingerprint density at radius 1 is 1.35 bits per heavy atom. The zero-order valence-electron chi connectivity index (χ0n) is 13.6. The second-order valence-corrected chi connectivity index (χ2v) is 7.57. The van der Waals surface area contributed by atoms with Gasteiger partial charge in [0.1, 0.15) is 0 Å². The molecule has 1 aliphatic rings. The second-order valence-electron chi connectivity index (χ2n) is 5.48. The fraction of sp³-hybridized carbons (Fsp3) is 0.0588. The number of rotatable bonds is 3. The Bertz CT molecular complexity index is 1080. The molecule has 0 aliphatic carbocycles. The molecular weight excluding hydrogens is 370 g/mol. The Balaban J connectivity index is 1.54. The van der Waals surface area contributed by atoms with E-state index in [1.807, 2.05) is 30.5 Å². The van der Waals surface area contributed by atoms with Gasteiger partial charge in [0, 0.05) is 30.2 Å². The molecule has 2 aromatic heterocycles. The number of hydrogen-bond acceptors (Lipinski definition) is 6. The number of amides is 2. The van der Waals surface area contributed by atoms with Crippen molar-refractivity contribution in [3.8, 4) is 0 Å². The summed E-state index contributed by atoms with van der Waals surface area (Å²) >= 11 is 2.57. The summed E-state index contributed by atoms with van der Waals surface area (Å²) in [5.41, 5.74) is 1.81. The number of aromatic amines is 1. The summed E-state index contributed by atoms with van der Waals surface area (Å²) in [6.45, 7) is 1.42. The molecule has 7 nitrogen and oxygen atoms in total. The van der Waals surface area contributed by atoms with Gasteiger partial charge in [0.05, 0.1) is 15.5 Å². The molecule has 0 unspecified atom stereocenters. The van der Waals surface area contributed by atoms with Crippen LogP contribution in [-0.4, -0.2) is 26.9 Å². The van der Waals surface area contributed by atoms with Crippen LogP contribution < -0.4 is 10.6 Å². The molecule has 26 heavy (non-hydrogen) atoms. The van der Waals surface area contributed by atoms with E-state index in [2.05, 4.69) is 25.6 Å². The number of thioether (sulfide) groups is 1. The lowest BCUT2D eigenvalue weighted by Crippen LogP contribution is -2.19. The molecule has 3 aromatic rings. The maximum Gasteiger partial charge on any atom is 0.264 e. The van der Waals surface area contributed by atoms with Gasteiger partial charge < -0.3 is 15.6 Å². The maximum atomic E-state index is 12.2. The number of nitrogens with one attached hydrogen (secondary N) is 3. The van der Waals surface area contributed by atoms with Crippen molar-refractivity contribution in [1.29, 1.82) is 0 Å². The van der Waals surface area contributed by atoms with Crippen LogP contribution in [-0.2, 0) is 9.59 Å². The van der Waals surface area contributed by atoms with Gasteiger partial charge in [0.25, 0.3) is 5.91 Å². The van der Waals surface area contributed by atoms with Crippen LogP contribution in [0.1, 0.15) is 11.8 Å². The van der Waals surface area contributed by atoms with Crippen LogP contribution in [0.25, 0.3) is 17.0 Å². The van der Waals surface area contributed by atoms with E-state index in [0.29, 0.717) is 15.2 Å². The van der Waals surface area contributed by atoms with Gasteiger partial charge in [-0.25, -0.2) is 9.98 Å². The van der Waals surface area contributed by atoms with Gasteiger partial charge >= 0.3 is 0 Å². The summed E-state index contributed by atoms with van der Waals surface area (Å²) in [6, 6.07) is 7.77. The average molecular weight is 383 g/mol. The van der Waals surface area contributed by atoms with Crippen LogP contribution in [0.15, 0.2) is 46.6 Å². The predicted molar refractivity (Wildman–Crippen MR) is 106 cm³/mol. The summed E-state index contributed by atoms with van der Waals surface area (Å²) in [5.74, 6) is -0.383. The first-order valence-electron chi connectivity index (χ1n) is 7.67. The van der Waals surface area contributed by atoms with E-state index < -0.39 is 0 Å². The van der Waals surface area contributed by atoms with Gasteiger partial charge in [-0.3, -0.25) is 9.59 Å². The van der Waals surface area contributed by atoms with E-state index in [4.69, 9.17) is 0 Å². The SMILES string of the molecule is CC(=O)Nc1ncc(/C=C2\SC(=Nc3ccc4[nH]ccc4c3)NC2=O)s1. The average Bonchev–Trinajstić information content (AvgIpc) is 3.29. The molecule has 9 heteroatoms. The number of benzene rings is 1. The molecule has 4 rings (SSSR count). The van der Waals surface area contributed by atoms with E-state index in [1.54, 1.807) is 12.3 Å². The zero-order chi connectivity index (χ0) is 18.1. The normalized spacial score (nSPS) is 17.2. The van der Waals surface area contributed by atoms with Gasteiger partial charge in [0.2, 0.25) is 5.91 Å². The van der Waals surface area contributed by atoms with Crippen LogP contribution in [0, 0.1) is 0 Å². The topological polar surface area (TPSA) is 99.2 Å². The minimum absolute atomic E-state index is 0.180. The monoisotopic (exact) mass is 383 g/mol. The van der Waals surface area contributed by atoms with Crippen LogP contribution >= 0.6 is 23.1 Å². The largest absolute Gasteiger partial charge is 0.361 e. The van der Waals surface area contributed by atoms with Crippen molar-refractivity contribution in [2.45, 2.75) is 6.92 Å². The lowest BCUT2D eigenvalue weighted by atomic mass is 10.2. The van der Waals surface area contributed by atoms with E-state index >= 15 is 0 Å². The van der Waals surface area contributed by atoms with Crippen molar-refractivity contribution >= 4 is 67.9 Å². The van der Waals surface area contributed by atoms with Crippen molar-refractivity contribution in [3.05, 3.63) is 46.4 Å². The zero-order valence-corrected chi connectivity index (χ0v) is 15.2. The molecule has 130 valence electrons. The minimum atomic E-state index is -0.203. The molecule has 1 saturated heterocycles. The Kier molecular flexibility index (Phi) is 4.31. The number of carbonyl (C=O) groups excluding carboxylic acids is 2. The third kappa shape index (κ3) is 3.53. The minimum Gasteiger partial charge on any atom is -0.361 e. The number of amidine groups is 1. The lowest BCUT2D eigenvalue weighted by Gasteiger charge is -1.97. The maximum absolute atomic E-state index is 12.2. The Hall–Kier alpha value is -2.91. The molecule has 0 saturated carbocycles. The summed E-state index contributed by atoms with van der Waals surface area (Å²) in [6.07, 6.45) is 5.23. The number of hydrogen-bond donors (Lipinski definition) is 3. The van der Waals surface area contributed by atoms with Gasteiger partial charge in [0.15, 0.2) is 10.3 Å². The van der Waals surface area contributed by atoms with Crippen molar-refractivity contribution < 1.29 is 9.59 Å². The molecule has 2 amide bonds. The fourth-order valence-corrected chi connectivity index (χ4v) is 4.11. The molecular formula is C17H13N5O2S2.